The highest BCUT2D eigenvalue weighted by atomic mass is 16.6. The third-order valence-electron chi connectivity index (χ3n) is 2.31. The molecule has 1 aromatic rings. The summed E-state index contributed by atoms with van der Waals surface area (Å²) in [6.07, 6.45) is -0.284. The maximum Gasteiger partial charge on any atom is 0.364 e. The van der Waals surface area contributed by atoms with Crippen LogP contribution in [-0.4, -0.2) is 33.5 Å². The van der Waals surface area contributed by atoms with Crippen molar-refractivity contribution in [1.29, 1.82) is 0 Å². The van der Waals surface area contributed by atoms with E-state index in [1.165, 1.54) is 24.3 Å². The summed E-state index contributed by atoms with van der Waals surface area (Å²) in [6.45, 7) is 1.60. The molecule has 0 spiro atoms. The zero-order valence-corrected chi connectivity index (χ0v) is 9.70. The number of rotatable bonds is 6. The van der Waals surface area contributed by atoms with Gasteiger partial charge in [0.15, 0.2) is 0 Å². The van der Waals surface area contributed by atoms with Gasteiger partial charge in [0.1, 0.15) is 0 Å². The Kier molecular flexibility index (Phi) is 4.35. The van der Waals surface area contributed by atoms with E-state index in [2.05, 4.69) is 0 Å². The minimum Gasteiger partial charge on any atom is -0.477 e. The fourth-order valence-electron chi connectivity index (χ4n) is 1.44. The van der Waals surface area contributed by atoms with Crippen molar-refractivity contribution in [1.82, 2.24) is 0 Å². The van der Waals surface area contributed by atoms with Crippen LogP contribution in [0.4, 0.5) is 5.69 Å². The Bertz CT molecular complexity index is 443. The molecule has 7 heteroatoms. The third-order valence-corrected chi connectivity index (χ3v) is 2.31. The summed E-state index contributed by atoms with van der Waals surface area (Å²) in [5, 5.41) is 29.1. The van der Waals surface area contributed by atoms with E-state index < -0.39 is 16.7 Å². The van der Waals surface area contributed by atoms with E-state index in [1.54, 1.807) is 6.92 Å². The van der Waals surface area contributed by atoms with Gasteiger partial charge in [0, 0.05) is 25.2 Å². The molecule has 0 saturated heterocycles. The lowest BCUT2D eigenvalue weighted by molar-refractivity contribution is -0.384. The van der Waals surface area contributed by atoms with E-state index in [4.69, 9.17) is 9.84 Å². The van der Waals surface area contributed by atoms with Gasteiger partial charge in [-0.2, -0.15) is 0 Å². The minimum absolute atomic E-state index is 0.0375. The van der Waals surface area contributed by atoms with Crippen LogP contribution in [0.1, 0.15) is 12.5 Å². The Morgan fingerprint density at radius 1 is 1.44 bits per heavy atom. The quantitative estimate of drug-likeness (QED) is 0.445. The number of non-ortho nitro benzene ring substituents is 1. The van der Waals surface area contributed by atoms with Crippen molar-refractivity contribution < 1.29 is 24.7 Å². The smallest absolute Gasteiger partial charge is 0.364 e. The molecule has 0 fully saturated rings. The topological polar surface area (TPSA) is 110 Å². The molecule has 0 radical (unpaired) electrons. The standard InChI is InChI=1S/C11H13NO6/c1-2-18-11(15,10(13)14)7-8-3-5-9(6-4-8)12(16)17/h3-6,15H,2,7H2,1H3,(H,13,14). The summed E-state index contributed by atoms with van der Waals surface area (Å²) in [5.74, 6) is -3.81. The summed E-state index contributed by atoms with van der Waals surface area (Å²) in [5.41, 5.74) is 0.327. The molecule has 0 aliphatic carbocycles. The van der Waals surface area contributed by atoms with Crippen molar-refractivity contribution in [3.05, 3.63) is 39.9 Å². The molecule has 0 aliphatic heterocycles. The molecule has 2 N–H and O–H groups in total. The Balaban J connectivity index is 2.88. The highest BCUT2D eigenvalue weighted by Crippen LogP contribution is 2.18. The maximum absolute atomic E-state index is 10.9. The zero-order chi connectivity index (χ0) is 13.8. The van der Waals surface area contributed by atoms with Crippen molar-refractivity contribution >= 4 is 11.7 Å². The summed E-state index contributed by atoms with van der Waals surface area (Å²) in [7, 11) is 0. The highest BCUT2D eigenvalue weighted by molar-refractivity contribution is 5.75. The number of aliphatic carboxylic acids is 1. The number of nitro groups is 1. The van der Waals surface area contributed by atoms with E-state index in [0.717, 1.165) is 0 Å². The van der Waals surface area contributed by atoms with Gasteiger partial charge in [0.2, 0.25) is 0 Å². The summed E-state index contributed by atoms with van der Waals surface area (Å²) in [4.78, 5) is 20.8. The van der Waals surface area contributed by atoms with Crippen LogP contribution in [0.25, 0.3) is 0 Å². The first kappa shape index (κ1) is 14.1. The van der Waals surface area contributed by atoms with Gasteiger partial charge in [-0.3, -0.25) is 10.1 Å². The number of benzene rings is 1. The number of carboxylic acid groups (broad SMARTS) is 1. The maximum atomic E-state index is 10.9. The van der Waals surface area contributed by atoms with Crippen molar-refractivity contribution in [2.75, 3.05) is 6.61 Å². The number of carboxylic acids is 1. The fourth-order valence-corrected chi connectivity index (χ4v) is 1.44. The van der Waals surface area contributed by atoms with E-state index in [-0.39, 0.29) is 18.7 Å². The number of hydrogen-bond donors (Lipinski definition) is 2. The van der Waals surface area contributed by atoms with E-state index >= 15 is 0 Å². The number of ether oxygens (including phenoxy) is 1. The van der Waals surface area contributed by atoms with Crippen LogP contribution in [0.15, 0.2) is 24.3 Å². The van der Waals surface area contributed by atoms with Crippen LogP contribution < -0.4 is 0 Å². The number of hydrogen-bond acceptors (Lipinski definition) is 5. The molecule has 0 heterocycles. The molecule has 18 heavy (non-hydrogen) atoms. The predicted molar refractivity (Wildman–Crippen MR) is 61.0 cm³/mol. The van der Waals surface area contributed by atoms with Crippen molar-refractivity contribution in [2.24, 2.45) is 0 Å². The molecule has 0 aromatic heterocycles. The van der Waals surface area contributed by atoms with Gasteiger partial charge in [-0.15, -0.1) is 0 Å². The molecule has 98 valence electrons. The molecule has 1 unspecified atom stereocenters. The molecule has 0 aliphatic rings. The second kappa shape index (κ2) is 5.56. The van der Waals surface area contributed by atoms with Crippen molar-refractivity contribution in [2.45, 2.75) is 19.1 Å². The SMILES string of the molecule is CCOC(O)(Cc1ccc([N+](=O)[O-])cc1)C(=O)O. The number of nitro benzene ring substituents is 1. The molecular weight excluding hydrogens is 242 g/mol. The van der Waals surface area contributed by atoms with E-state index in [0.29, 0.717) is 5.56 Å². The van der Waals surface area contributed by atoms with Crippen LogP contribution in [0.3, 0.4) is 0 Å². The average molecular weight is 255 g/mol. The van der Waals surface area contributed by atoms with Gasteiger partial charge >= 0.3 is 5.97 Å². The lowest BCUT2D eigenvalue weighted by atomic mass is 10.0. The molecule has 1 rings (SSSR count). The first-order chi connectivity index (χ1) is 8.39. The van der Waals surface area contributed by atoms with Crippen LogP contribution in [0, 0.1) is 10.1 Å². The summed E-state index contributed by atoms with van der Waals surface area (Å²) in [6, 6.07) is 5.24. The van der Waals surface area contributed by atoms with Gasteiger partial charge in [-0.05, 0) is 12.5 Å². The molecule has 1 aromatic carbocycles. The largest absolute Gasteiger partial charge is 0.477 e. The van der Waals surface area contributed by atoms with Crippen LogP contribution in [0.2, 0.25) is 0 Å². The Morgan fingerprint density at radius 3 is 2.39 bits per heavy atom. The molecule has 0 bridgehead atoms. The van der Waals surface area contributed by atoms with Crippen LogP contribution in [0.5, 0.6) is 0 Å². The average Bonchev–Trinajstić information content (AvgIpc) is 2.29. The van der Waals surface area contributed by atoms with Gasteiger partial charge in [0.05, 0.1) is 4.92 Å². The van der Waals surface area contributed by atoms with Gasteiger partial charge in [-0.1, -0.05) is 12.1 Å². The number of carbonyl (C=O) groups is 1. The van der Waals surface area contributed by atoms with Crippen LogP contribution in [-0.2, 0) is 16.0 Å². The minimum atomic E-state index is -2.31. The normalized spacial score (nSPS) is 13.9. The Labute approximate surface area is 103 Å². The van der Waals surface area contributed by atoms with Gasteiger partial charge in [-0.25, -0.2) is 4.79 Å². The van der Waals surface area contributed by atoms with Crippen LogP contribution >= 0.6 is 0 Å². The molecule has 1 atom stereocenters. The van der Waals surface area contributed by atoms with E-state index in [9.17, 15) is 20.0 Å². The highest BCUT2D eigenvalue weighted by Gasteiger charge is 2.37. The molecule has 0 amide bonds. The third kappa shape index (κ3) is 3.25. The Hall–Kier alpha value is -1.99. The second-order valence-electron chi connectivity index (χ2n) is 3.62. The van der Waals surface area contributed by atoms with E-state index in [1.807, 2.05) is 0 Å². The molecule has 0 saturated carbocycles. The molecular formula is C11H13NO6. The van der Waals surface area contributed by atoms with Crippen molar-refractivity contribution in [3.63, 3.8) is 0 Å². The van der Waals surface area contributed by atoms with Gasteiger partial charge in [0.25, 0.3) is 11.5 Å². The number of nitrogens with zero attached hydrogens (tertiary/aromatic N) is 1. The molecule has 7 nitrogen and oxygen atoms in total. The number of aliphatic hydroxyl groups is 1. The summed E-state index contributed by atoms with van der Waals surface area (Å²) < 4.78 is 4.79. The Morgan fingerprint density at radius 2 is 2.00 bits per heavy atom. The second-order valence-corrected chi connectivity index (χ2v) is 3.62. The van der Waals surface area contributed by atoms with Gasteiger partial charge < -0.3 is 14.9 Å². The predicted octanol–water partition coefficient (Wildman–Crippen LogP) is 0.947. The fraction of sp³-hybridized carbons (Fsp3) is 0.364. The lowest BCUT2D eigenvalue weighted by Gasteiger charge is -2.22. The first-order valence-electron chi connectivity index (χ1n) is 5.22. The monoisotopic (exact) mass is 255 g/mol. The zero-order valence-electron chi connectivity index (χ0n) is 9.70. The summed E-state index contributed by atoms with van der Waals surface area (Å²) >= 11 is 0. The first-order valence-corrected chi connectivity index (χ1v) is 5.22. The van der Waals surface area contributed by atoms with Crippen molar-refractivity contribution in [3.8, 4) is 0 Å². The lowest BCUT2D eigenvalue weighted by Crippen LogP contribution is -2.43.